The van der Waals surface area contributed by atoms with Gasteiger partial charge >= 0.3 is 5.97 Å². The number of carboxylic acids is 1. The highest BCUT2D eigenvalue weighted by molar-refractivity contribution is 7.17. The molecule has 0 aromatic carbocycles. The number of rotatable bonds is 3. The van der Waals surface area contributed by atoms with Crippen LogP contribution >= 0.6 is 22.7 Å². The number of fused-ring (bicyclic) bond motifs is 1. The van der Waals surface area contributed by atoms with Crippen LogP contribution in [-0.4, -0.2) is 20.6 Å². The van der Waals surface area contributed by atoms with Gasteiger partial charge in [0.05, 0.1) is 18.4 Å². The van der Waals surface area contributed by atoms with Crippen molar-refractivity contribution in [1.29, 1.82) is 0 Å². The van der Waals surface area contributed by atoms with Gasteiger partial charge in [-0.3, -0.25) is 9.36 Å². The summed E-state index contributed by atoms with van der Waals surface area (Å²) in [5.41, 5.74) is 2.20. The van der Waals surface area contributed by atoms with E-state index in [-0.39, 0.29) is 17.0 Å². The number of hydrogen-bond donors (Lipinski definition) is 1. The molecule has 1 N–H and O–H groups in total. The fourth-order valence-electron chi connectivity index (χ4n) is 2.00. The van der Waals surface area contributed by atoms with Gasteiger partial charge in [-0.25, -0.2) is 9.78 Å². The van der Waals surface area contributed by atoms with E-state index < -0.39 is 5.97 Å². The average Bonchev–Trinajstić information content (AvgIpc) is 3.00. The molecular weight excluding hydrogens is 296 g/mol. The van der Waals surface area contributed by atoms with E-state index in [0.29, 0.717) is 10.3 Å². The van der Waals surface area contributed by atoms with E-state index in [1.54, 1.807) is 11.4 Å². The fourth-order valence-corrected chi connectivity index (χ4v) is 3.71. The van der Waals surface area contributed by atoms with Crippen LogP contribution in [-0.2, 0) is 6.54 Å². The minimum atomic E-state index is -0.968. The van der Waals surface area contributed by atoms with Crippen LogP contribution in [0.4, 0.5) is 0 Å². The molecule has 0 saturated heterocycles. The van der Waals surface area contributed by atoms with Gasteiger partial charge in [-0.2, -0.15) is 0 Å². The molecule has 0 spiro atoms. The van der Waals surface area contributed by atoms with Crippen LogP contribution < -0.4 is 5.56 Å². The first kappa shape index (κ1) is 13.0. The number of nitrogens with zero attached hydrogens (tertiary/aromatic N) is 2. The van der Waals surface area contributed by atoms with Crippen molar-refractivity contribution in [2.45, 2.75) is 13.5 Å². The molecule has 0 unspecified atom stereocenters. The highest BCUT2D eigenvalue weighted by Gasteiger charge is 2.14. The van der Waals surface area contributed by atoms with Crippen LogP contribution in [0.3, 0.4) is 0 Å². The molecule has 0 bridgehead atoms. The number of carboxylic acid groups (broad SMARTS) is 1. The molecule has 0 fully saturated rings. The molecule has 3 aromatic heterocycles. The van der Waals surface area contributed by atoms with Crippen LogP contribution in [0, 0.1) is 6.92 Å². The van der Waals surface area contributed by atoms with Gasteiger partial charge in [-0.1, -0.05) is 0 Å². The minimum absolute atomic E-state index is 0.129. The Labute approximate surface area is 121 Å². The van der Waals surface area contributed by atoms with Crippen LogP contribution in [0.5, 0.6) is 0 Å². The first-order valence-corrected chi connectivity index (χ1v) is 7.56. The predicted molar refractivity (Wildman–Crippen MR) is 79.0 cm³/mol. The Kier molecular flexibility index (Phi) is 3.15. The quantitative estimate of drug-likeness (QED) is 0.807. The first-order chi connectivity index (χ1) is 9.58. The molecule has 0 amide bonds. The lowest BCUT2D eigenvalue weighted by Gasteiger charge is -2.05. The maximum atomic E-state index is 12.3. The maximum absolute atomic E-state index is 12.3. The van der Waals surface area contributed by atoms with Gasteiger partial charge in [-0.15, -0.1) is 22.7 Å². The zero-order valence-electron chi connectivity index (χ0n) is 10.5. The highest BCUT2D eigenvalue weighted by Crippen LogP contribution is 2.21. The molecule has 20 heavy (non-hydrogen) atoms. The number of carbonyl (C=O) groups is 1. The maximum Gasteiger partial charge on any atom is 0.346 e. The molecule has 0 atom stereocenters. The Balaban J connectivity index is 2.07. The number of aromatic carboxylic acids is 1. The smallest absolute Gasteiger partial charge is 0.346 e. The van der Waals surface area contributed by atoms with Gasteiger partial charge in [-0.05, 0) is 34.9 Å². The summed E-state index contributed by atoms with van der Waals surface area (Å²) in [6.07, 6.45) is 1.48. The number of hydrogen-bond acceptors (Lipinski definition) is 5. The van der Waals surface area contributed by atoms with Crippen molar-refractivity contribution < 1.29 is 9.90 Å². The van der Waals surface area contributed by atoms with Crippen molar-refractivity contribution in [2.24, 2.45) is 0 Å². The monoisotopic (exact) mass is 306 g/mol. The van der Waals surface area contributed by atoms with E-state index in [4.69, 9.17) is 5.11 Å². The summed E-state index contributed by atoms with van der Waals surface area (Å²) >= 11 is 2.53. The molecular formula is C13H10N2O3S2. The third-order valence-electron chi connectivity index (χ3n) is 3.01. The molecule has 102 valence electrons. The number of aryl methyl sites for hydroxylation is 1. The van der Waals surface area contributed by atoms with Crippen molar-refractivity contribution in [3.8, 4) is 0 Å². The zero-order valence-corrected chi connectivity index (χ0v) is 12.1. The van der Waals surface area contributed by atoms with Crippen LogP contribution in [0.2, 0.25) is 0 Å². The normalized spacial score (nSPS) is 11.1. The predicted octanol–water partition coefficient (Wildman–Crippen LogP) is 2.57. The summed E-state index contributed by atoms with van der Waals surface area (Å²) in [5, 5.41) is 12.7. The molecule has 0 radical (unpaired) electrons. The van der Waals surface area contributed by atoms with Crippen molar-refractivity contribution in [3.63, 3.8) is 0 Å². The third kappa shape index (κ3) is 2.04. The largest absolute Gasteiger partial charge is 0.477 e. The first-order valence-electron chi connectivity index (χ1n) is 5.81. The topological polar surface area (TPSA) is 72.2 Å². The lowest BCUT2D eigenvalue weighted by atomic mass is 10.2. The summed E-state index contributed by atoms with van der Waals surface area (Å²) < 4.78 is 2.06. The summed E-state index contributed by atoms with van der Waals surface area (Å²) in [6, 6.07) is 1.73. The van der Waals surface area contributed by atoms with E-state index in [1.807, 2.05) is 12.3 Å². The Morgan fingerprint density at radius 3 is 3.00 bits per heavy atom. The lowest BCUT2D eigenvalue weighted by Crippen LogP contribution is -2.20. The van der Waals surface area contributed by atoms with Crippen molar-refractivity contribution >= 4 is 38.9 Å². The standard InChI is InChI=1S/C13H10N2O3S2/c1-7-5-20-11-9(7)14-6-15(12(11)16)4-8-2-3-19-10(8)13(17)18/h2-3,5-6H,4H2,1H3,(H,17,18). The Hall–Kier alpha value is -1.99. The van der Waals surface area contributed by atoms with E-state index in [2.05, 4.69) is 4.98 Å². The van der Waals surface area contributed by atoms with Crippen molar-refractivity contribution in [2.75, 3.05) is 0 Å². The van der Waals surface area contributed by atoms with Gasteiger partial charge in [0, 0.05) is 0 Å². The molecule has 0 aliphatic heterocycles. The second-order valence-electron chi connectivity index (χ2n) is 4.35. The van der Waals surface area contributed by atoms with E-state index in [0.717, 1.165) is 22.4 Å². The summed E-state index contributed by atoms with van der Waals surface area (Å²) in [6.45, 7) is 2.14. The van der Waals surface area contributed by atoms with Gasteiger partial charge in [0.25, 0.3) is 5.56 Å². The Bertz CT molecular complexity index is 860. The molecule has 0 aliphatic rings. The van der Waals surface area contributed by atoms with Gasteiger partial charge in [0.1, 0.15) is 9.58 Å². The van der Waals surface area contributed by atoms with Gasteiger partial charge in [0.15, 0.2) is 0 Å². The Morgan fingerprint density at radius 2 is 2.25 bits per heavy atom. The SMILES string of the molecule is Cc1csc2c(=O)n(Cc3ccsc3C(=O)O)cnc12. The van der Waals surface area contributed by atoms with Crippen molar-refractivity contribution in [1.82, 2.24) is 9.55 Å². The van der Waals surface area contributed by atoms with E-state index in [9.17, 15) is 9.59 Å². The van der Waals surface area contributed by atoms with Crippen molar-refractivity contribution in [3.05, 3.63) is 49.5 Å². The van der Waals surface area contributed by atoms with E-state index >= 15 is 0 Å². The summed E-state index contributed by atoms with van der Waals surface area (Å²) in [7, 11) is 0. The van der Waals surface area contributed by atoms with Crippen LogP contribution in [0.25, 0.3) is 10.2 Å². The summed E-state index contributed by atoms with van der Waals surface area (Å²) in [4.78, 5) is 28.0. The molecule has 7 heteroatoms. The average molecular weight is 306 g/mol. The molecule has 5 nitrogen and oxygen atoms in total. The zero-order chi connectivity index (χ0) is 14.3. The minimum Gasteiger partial charge on any atom is -0.477 e. The van der Waals surface area contributed by atoms with Crippen LogP contribution in [0.1, 0.15) is 20.8 Å². The second kappa shape index (κ2) is 4.84. The second-order valence-corrected chi connectivity index (χ2v) is 6.15. The molecule has 0 saturated carbocycles. The Morgan fingerprint density at radius 1 is 1.45 bits per heavy atom. The van der Waals surface area contributed by atoms with Gasteiger partial charge in [0.2, 0.25) is 0 Å². The number of aromatic nitrogens is 2. The number of thiophene rings is 2. The molecule has 3 aromatic rings. The molecule has 3 heterocycles. The van der Waals surface area contributed by atoms with Crippen LogP contribution in [0.15, 0.2) is 27.9 Å². The third-order valence-corrected chi connectivity index (χ3v) is 5.02. The molecule has 0 aliphatic carbocycles. The van der Waals surface area contributed by atoms with Gasteiger partial charge < -0.3 is 5.11 Å². The fraction of sp³-hybridized carbons (Fsp3) is 0.154. The summed E-state index contributed by atoms with van der Waals surface area (Å²) in [5.74, 6) is -0.968. The van der Waals surface area contributed by atoms with E-state index in [1.165, 1.54) is 22.2 Å². The highest BCUT2D eigenvalue weighted by atomic mass is 32.1. The lowest BCUT2D eigenvalue weighted by molar-refractivity contribution is 0.0701. The molecule has 3 rings (SSSR count).